The van der Waals surface area contributed by atoms with Gasteiger partial charge in [0.1, 0.15) is 0 Å². The molecule has 0 unspecified atom stereocenters. The van der Waals surface area contributed by atoms with E-state index in [2.05, 4.69) is 9.97 Å². The van der Waals surface area contributed by atoms with Crippen LogP contribution in [0.2, 0.25) is 0 Å². The number of benzene rings is 1. The minimum absolute atomic E-state index is 0.112. The molecule has 0 radical (unpaired) electrons. The highest BCUT2D eigenvalue weighted by molar-refractivity contribution is 6.07. The van der Waals surface area contributed by atoms with E-state index >= 15 is 0 Å². The zero-order valence-corrected chi connectivity index (χ0v) is 15.1. The molecule has 1 atom stereocenters. The number of nitrogens with one attached hydrogen (secondary N) is 2. The highest BCUT2D eigenvalue weighted by atomic mass is 16.5. The summed E-state index contributed by atoms with van der Waals surface area (Å²) >= 11 is 0. The van der Waals surface area contributed by atoms with Crippen LogP contribution in [0.15, 0.2) is 30.5 Å². The van der Waals surface area contributed by atoms with E-state index in [0.717, 1.165) is 10.9 Å². The molecule has 6 heteroatoms. The molecule has 0 amide bonds. The van der Waals surface area contributed by atoms with Crippen molar-refractivity contribution in [3.05, 3.63) is 58.5 Å². The van der Waals surface area contributed by atoms with Crippen molar-refractivity contribution in [1.29, 1.82) is 0 Å². The molecule has 0 aliphatic carbocycles. The number of ether oxygens (including phenoxy) is 1. The first-order chi connectivity index (χ1) is 12.3. The van der Waals surface area contributed by atoms with Gasteiger partial charge in [0.25, 0.3) is 0 Å². The first kappa shape index (κ1) is 17.7. The van der Waals surface area contributed by atoms with Crippen LogP contribution in [0.25, 0.3) is 10.9 Å². The molecule has 0 aliphatic heterocycles. The molecule has 134 valence electrons. The van der Waals surface area contributed by atoms with Crippen molar-refractivity contribution >= 4 is 28.4 Å². The van der Waals surface area contributed by atoms with Crippen molar-refractivity contribution in [1.82, 2.24) is 9.97 Å². The third-order valence-corrected chi connectivity index (χ3v) is 4.50. The number of hydrogen-bond donors (Lipinski definition) is 2. The Bertz CT molecular complexity index is 1030. The number of Topliss-reactive ketones (excluding diaryl/α,β-unsaturated/α-hetero) is 2. The lowest BCUT2D eigenvalue weighted by molar-refractivity contribution is 0.0319. The third kappa shape index (κ3) is 2.94. The number of para-hydroxylation sites is 1. The van der Waals surface area contributed by atoms with E-state index in [9.17, 15) is 14.4 Å². The Hall–Kier alpha value is -3.15. The minimum Gasteiger partial charge on any atom is -0.451 e. The summed E-state index contributed by atoms with van der Waals surface area (Å²) in [6.45, 7) is 6.43. The Kier molecular flexibility index (Phi) is 4.50. The number of aromatic amines is 2. The summed E-state index contributed by atoms with van der Waals surface area (Å²) < 4.78 is 5.37. The molecule has 2 heterocycles. The molecule has 0 spiro atoms. The van der Waals surface area contributed by atoms with Gasteiger partial charge in [-0.2, -0.15) is 0 Å². The molecule has 3 rings (SSSR count). The summed E-state index contributed by atoms with van der Waals surface area (Å²) in [4.78, 5) is 42.8. The Labute approximate surface area is 150 Å². The number of ketones is 2. The van der Waals surface area contributed by atoms with E-state index in [1.54, 1.807) is 20.0 Å². The maximum absolute atomic E-state index is 12.7. The summed E-state index contributed by atoms with van der Waals surface area (Å²) in [5.74, 6) is -1.05. The molecule has 0 saturated carbocycles. The molecule has 0 aliphatic rings. The van der Waals surface area contributed by atoms with Gasteiger partial charge < -0.3 is 14.7 Å². The van der Waals surface area contributed by atoms with Gasteiger partial charge >= 0.3 is 5.97 Å². The minimum atomic E-state index is -0.979. The first-order valence-corrected chi connectivity index (χ1v) is 8.32. The molecule has 2 aromatic heterocycles. The summed E-state index contributed by atoms with van der Waals surface area (Å²) in [5.41, 5.74) is 3.21. The van der Waals surface area contributed by atoms with Crippen LogP contribution in [-0.2, 0) is 4.74 Å². The number of H-pyrrole nitrogens is 2. The van der Waals surface area contributed by atoms with E-state index in [1.807, 2.05) is 24.3 Å². The molecule has 6 nitrogen and oxygen atoms in total. The monoisotopic (exact) mass is 352 g/mol. The van der Waals surface area contributed by atoms with E-state index in [1.165, 1.54) is 13.8 Å². The average Bonchev–Trinajstić information content (AvgIpc) is 3.14. The van der Waals surface area contributed by atoms with Crippen LogP contribution < -0.4 is 0 Å². The zero-order valence-electron chi connectivity index (χ0n) is 15.1. The summed E-state index contributed by atoms with van der Waals surface area (Å²) in [7, 11) is 0. The van der Waals surface area contributed by atoms with E-state index in [0.29, 0.717) is 28.1 Å². The molecular weight excluding hydrogens is 332 g/mol. The predicted molar refractivity (Wildman–Crippen MR) is 97.8 cm³/mol. The summed E-state index contributed by atoms with van der Waals surface area (Å²) in [6.07, 6.45) is 0.593. The summed E-state index contributed by atoms with van der Waals surface area (Å²) in [6, 6.07) is 7.36. The smallest absolute Gasteiger partial charge is 0.341 e. The number of hydrogen-bond acceptors (Lipinski definition) is 4. The van der Waals surface area contributed by atoms with Gasteiger partial charge in [0.05, 0.1) is 11.3 Å². The highest BCUT2D eigenvalue weighted by Gasteiger charge is 2.27. The maximum Gasteiger partial charge on any atom is 0.341 e. The number of aryl methyl sites for hydroxylation is 1. The number of carbonyl (C=O) groups excluding carboxylic acids is 3. The van der Waals surface area contributed by atoms with Gasteiger partial charge in [-0.05, 0) is 39.3 Å². The fraction of sp³-hybridized carbons (Fsp3) is 0.250. The summed E-state index contributed by atoms with van der Waals surface area (Å²) in [5, 5.41) is 0.739. The maximum atomic E-state index is 12.7. The Morgan fingerprint density at radius 3 is 2.46 bits per heavy atom. The molecule has 26 heavy (non-hydrogen) atoms. The molecular formula is C20H20N2O4. The molecule has 0 saturated heterocycles. The number of aromatic nitrogens is 2. The first-order valence-electron chi connectivity index (χ1n) is 8.32. The largest absolute Gasteiger partial charge is 0.451 e. The quantitative estimate of drug-likeness (QED) is 0.540. The van der Waals surface area contributed by atoms with Crippen molar-refractivity contribution in [3.63, 3.8) is 0 Å². The van der Waals surface area contributed by atoms with Crippen molar-refractivity contribution in [2.45, 2.75) is 33.8 Å². The van der Waals surface area contributed by atoms with Gasteiger partial charge in [0, 0.05) is 28.4 Å². The Morgan fingerprint density at radius 2 is 1.81 bits per heavy atom. The number of esters is 1. The van der Waals surface area contributed by atoms with E-state index < -0.39 is 12.1 Å². The molecule has 3 aromatic rings. The van der Waals surface area contributed by atoms with E-state index in [-0.39, 0.29) is 11.6 Å². The number of fused-ring (bicyclic) bond motifs is 1. The van der Waals surface area contributed by atoms with Gasteiger partial charge in [-0.25, -0.2) is 4.79 Å². The Morgan fingerprint density at radius 1 is 1.12 bits per heavy atom. The zero-order chi connectivity index (χ0) is 19.0. The average molecular weight is 352 g/mol. The second-order valence-electron chi connectivity index (χ2n) is 6.34. The fourth-order valence-electron chi connectivity index (χ4n) is 3.25. The van der Waals surface area contributed by atoms with Gasteiger partial charge in [-0.1, -0.05) is 18.2 Å². The van der Waals surface area contributed by atoms with Crippen LogP contribution in [-0.4, -0.2) is 33.6 Å². The predicted octanol–water partition coefficient (Wildman–Crippen LogP) is 3.74. The van der Waals surface area contributed by atoms with Crippen molar-refractivity contribution < 1.29 is 19.1 Å². The lowest BCUT2D eigenvalue weighted by Crippen LogP contribution is -2.25. The lowest BCUT2D eigenvalue weighted by atomic mass is 10.0. The molecule has 2 N–H and O–H groups in total. The van der Waals surface area contributed by atoms with Gasteiger partial charge in [-0.3, -0.25) is 9.59 Å². The number of rotatable bonds is 5. The number of carbonyl (C=O) groups is 3. The van der Waals surface area contributed by atoms with E-state index in [4.69, 9.17) is 4.74 Å². The molecule has 0 fully saturated rings. The lowest BCUT2D eigenvalue weighted by Gasteiger charge is -2.12. The standard InChI is InChI=1S/C20H20N2O4/c1-10-17(12(3)23)11(2)22-18(10)19(24)13(4)26-20(25)15-9-21-16-8-6-5-7-14(15)16/h5-9,13,21-22H,1-4H3/t13-/m1/s1. The molecule has 0 bridgehead atoms. The van der Waals surface area contributed by atoms with Crippen molar-refractivity contribution in [2.75, 3.05) is 0 Å². The third-order valence-electron chi connectivity index (χ3n) is 4.50. The SMILES string of the molecule is CC(=O)c1c(C)[nH]c(C(=O)[C@@H](C)OC(=O)c2c[nH]c3ccccc23)c1C. The normalized spacial score (nSPS) is 12.2. The van der Waals surface area contributed by atoms with Crippen LogP contribution in [0.5, 0.6) is 0 Å². The van der Waals surface area contributed by atoms with Crippen LogP contribution in [0.1, 0.15) is 56.3 Å². The second kappa shape index (κ2) is 6.63. The van der Waals surface area contributed by atoms with Gasteiger partial charge in [0.15, 0.2) is 11.9 Å². The van der Waals surface area contributed by atoms with Crippen LogP contribution in [0.4, 0.5) is 0 Å². The Balaban J connectivity index is 1.83. The van der Waals surface area contributed by atoms with Gasteiger partial charge in [0.2, 0.25) is 5.78 Å². The fourth-order valence-corrected chi connectivity index (χ4v) is 3.25. The van der Waals surface area contributed by atoms with Crippen LogP contribution in [0, 0.1) is 13.8 Å². The second-order valence-corrected chi connectivity index (χ2v) is 6.34. The van der Waals surface area contributed by atoms with Crippen molar-refractivity contribution in [3.8, 4) is 0 Å². The van der Waals surface area contributed by atoms with Gasteiger partial charge in [-0.15, -0.1) is 0 Å². The van der Waals surface area contributed by atoms with Crippen LogP contribution >= 0.6 is 0 Å². The topological polar surface area (TPSA) is 92.0 Å². The van der Waals surface area contributed by atoms with Crippen LogP contribution in [0.3, 0.4) is 0 Å². The highest BCUT2D eigenvalue weighted by Crippen LogP contribution is 2.22. The van der Waals surface area contributed by atoms with Crippen molar-refractivity contribution in [2.24, 2.45) is 0 Å². The molecule has 1 aromatic carbocycles.